The Labute approximate surface area is 99.9 Å². The van der Waals surface area contributed by atoms with Gasteiger partial charge in [0.05, 0.1) is 20.8 Å². The number of carboxylic acids is 1. The first-order valence-electron chi connectivity index (χ1n) is 5.14. The SMILES string of the molecule is COc1cccc(COC(C)C(=O)O)c1OC. The third kappa shape index (κ3) is 3.35. The molecule has 1 aromatic rings. The average molecular weight is 240 g/mol. The lowest BCUT2D eigenvalue weighted by Crippen LogP contribution is -2.19. The van der Waals surface area contributed by atoms with Gasteiger partial charge >= 0.3 is 5.97 Å². The Hall–Kier alpha value is -1.75. The minimum Gasteiger partial charge on any atom is -0.493 e. The maximum atomic E-state index is 10.6. The lowest BCUT2D eigenvalue weighted by atomic mass is 10.2. The first kappa shape index (κ1) is 13.3. The van der Waals surface area contributed by atoms with E-state index in [-0.39, 0.29) is 6.61 Å². The van der Waals surface area contributed by atoms with E-state index in [0.29, 0.717) is 11.5 Å². The molecule has 1 N–H and O–H groups in total. The maximum Gasteiger partial charge on any atom is 0.332 e. The summed E-state index contributed by atoms with van der Waals surface area (Å²) in [5, 5.41) is 8.71. The second kappa shape index (κ2) is 6.10. The Bertz CT molecular complexity index is 388. The maximum absolute atomic E-state index is 10.6. The molecule has 0 amide bonds. The molecule has 0 radical (unpaired) electrons. The van der Waals surface area contributed by atoms with Crippen LogP contribution in [0.5, 0.6) is 11.5 Å². The molecule has 0 spiro atoms. The third-order valence-corrected chi connectivity index (χ3v) is 2.32. The largest absolute Gasteiger partial charge is 0.493 e. The van der Waals surface area contributed by atoms with Crippen molar-refractivity contribution in [2.45, 2.75) is 19.6 Å². The Kier molecular flexibility index (Phi) is 4.78. The van der Waals surface area contributed by atoms with Crippen molar-refractivity contribution in [1.82, 2.24) is 0 Å². The molecule has 17 heavy (non-hydrogen) atoms. The van der Waals surface area contributed by atoms with Crippen molar-refractivity contribution in [3.05, 3.63) is 23.8 Å². The monoisotopic (exact) mass is 240 g/mol. The summed E-state index contributed by atoms with van der Waals surface area (Å²) >= 11 is 0. The summed E-state index contributed by atoms with van der Waals surface area (Å²) in [7, 11) is 3.07. The topological polar surface area (TPSA) is 65.0 Å². The number of hydrogen-bond donors (Lipinski definition) is 1. The van der Waals surface area contributed by atoms with E-state index in [9.17, 15) is 4.79 Å². The first-order chi connectivity index (χ1) is 8.10. The smallest absolute Gasteiger partial charge is 0.332 e. The number of para-hydroxylation sites is 1. The number of benzene rings is 1. The molecule has 1 rings (SSSR count). The van der Waals surface area contributed by atoms with Gasteiger partial charge in [0.1, 0.15) is 0 Å². The molecule has 5 heteroatoms. The van der Waals surface area contributed by atoms with Gasteiger partial charge in [0, 0.05) is 5.56 Å². The van der Waals surface area contributed by atoms with Crippen LogP contribution < -0.4 is 9.47 Å². The van der Waals surface area contributed by atoms with Gasteiger partial charge in [-0.15, -0.1) is 0 Å². The van der Waals surface area contributed by atoms with Crippen molar-refractivity contribution in [2.75, 3.05) is 14.2 Å². The van der Waals surface area contributed by atoms with E-state index in [1.54, 1.807) is 25.3 Å². The number of ether oxygens (including phenoxy) is 3. The summed E-state index contributed by atoms with van der Waals surface area (Å²) in [4.78, 5) is 10.6. The summed E-state index contributed by atoms with van der Waals surface area (Å²) in [6.45, 7) is 1.64. The molecule has 0 bridgehead atoms. The van der Waals surface area contributed by atoms with Crippen LogP contribution in [-0.2, 0) is 16.1 Å². The molecule has 0 aliphatic heterocycles. The first-order valence-corrected chi connectivity index (χ1v) is 5.14. The van der Waals surface area contributed by atoms with E-state index in [2.05, 4.69) is 0 Å². The predicted octanol–water partition coefficient (Wildman–Crippen LogP) is 1.69. The standard InChI is InChI=1S/C12H16O5/c1-8(12(13)14)17-7-9-5-4-6-10(15-2)11(9)16-3/h4-6,8H,7H2,1-3H3,(H,13,14). The fourth-order valence-electron chi connectivity index (χ4n) is 1.35. The molecule has 1 unspecified atom stereocenters. The molecule has 0 saturated heterocycles. The van der Waals surface area contributed by atoms with Gasteiger partial charge in [-0.2, -0.15) is 0 Å². The Morgan fingerprint density at radius 3 is 2.59 bits per heavy atom. The number of aliphatic carboxylic acids is 1. The zero-order valence-corrected chi connectivity index (χ0v) is 10.1. The highest BCUT2D eigenvalue weighted by Gasteiger charge is 2.14. The molecule has 94 valence electrons. The van der Waals surface area contributed by atoms with E-state index in [1.165, 1.54) is 14.0 Å². The molecule has 1 aromatic carbocycles. The molecule has 0 aliphatic rings. The Morgan fingerprint density at radius 1 is 1.35 bits per heavy atom. The van der Waals surface area contributed by atoms with E-state index >= 15 is 0 Å². The number of hydrogen-bond acceptors (Lipinski definition) is 4. The molecule has 1 atom stereocenters. The number of carbonyl (C=O) groups is 1. The van der Waals surface area contributed by atoms with E-state index < -0.39 is 12.1 Å². The molecule has 0 fully saturated rings. The summed E-state index contributed by atoms with van der Waals surface area (Å²) < 4.78 is 15.5. The van der Waals surface area contributed by atoms with Crippen molar-refractivity contribution in [3.63, 3.8) is 0 Å². The van der Waals surface area contributed by atoms with Crippen LogP contribution in [0.25, 0.3) is 0 Å². The van der Waals surface area contributed by atoms with Crippen LogP contribution in [0.3, 0.4) is 0 Å². The highest BCUT2D eigenvalue weighted by molar-refractivity contribution is 5.71. The fraction of sp³-hybridized carbons (Fsp3) is 0.417. The lowest BCUT2D eigenvalue weighted by Gasteiger charge is -2.14. The van der Waals surface area contributed by atoms with Crippen LogP contribution in [0.15, 0.2) is 18.2 Å². The zero-order chi connectivity index (χ0) is 12.8. The van der Waals surface area contributed by atoms with Crippen LogP contribution in [0.1, 0.15) is 12.5 Å². The second-order valence-electron chi connectivity index (χ2n) is 3.44. The zero-order valence-electron chi connectivity index (χ0n) is 10.1. The summed E-state index contributed by atoms with van der Waals surface area (Å²) in [6, 6.07) is 5.37. The molecular weight excluding hydrogens is 224 g/mol. The van der Waals surface area contributed by atoms with Crippen LogP contribution in [0.2, 0.25) is 0 Å². The fourth-order valence-corrected chi connectivity index (χ4v) is 1.35. The minimum atomic E-state index is -0.994. The summed E-state index contributed by atoms with van der Waals surface area (Å²) in [5.41, 5.74) is 0.750. The molecule has 0 saturated carbocycles. The molecule has 5 nitrogen and oxygen atoms in total. The van der Waals surface area contributed by atoms with E-state index in [0.717, 1.165) is 5.56 Å². The normalized spacial score (nSPS) is 11.9. The van der Waals surface area contributed by atoms with Crippen LogP contribution >= 0.6 is 0 Å². The quantitative estimate of drug-likeness (QED) is 0.819. The van der Waals surface area contributed by atoms with Gasteiger partial charge in [-0.3, -0.25) is 0 Å². The predicted molar refractivity (Wildman–Crippen MR) is 61.4 cm³/mol. The molecular formula is C12H16O5. The van der Waals surface area contributed by atoms with Crippen LogP contribution in [0.4, 0.5) is 0 Å². The van der Waals surface area contributed by atoms with Gasteiger partial charge in [-0.25, -0.2) is 4.79 Å². The molecule has 0 heterocycles. The van der Waals surface area contributed by atoms with Gasteiger partial charge in [0.25, 0.3) is 0 Å². The van der Waals surface area contributed by atoms with Crippen molar-refractivity contribution in [1.29, 1.82) is 0 Å². The van der Waals surface area contributed by atoms with Gasteiger partial charge in [0.2, 0.25) is 0 Å². The van der Waals surface area contributed by atoms with Crippen molar-refractivity contribution < 1.29 is 24.1 Å². The van der Waals surface area contributed by atoms with Crippen LogP contribution in [0, 0.1) is 0 Å². The van der Waals surface area contributed by atoms with Gasteiger partial charge in [-0.05, 0) is 13.0 Å². The van der Waals surface area contributed by atoms with Gasteiger partial charge < -0.3 is 19.3 Å². The van der Waals surface area contributed by atoms with Gasteiger partial charge in [-0.1, -0.05) is 12.1 Å². The van der Waals surface area contributed by atoms with Crippen molar-refractivity contribution in [2.24, 2.45) is 0 Å². The second-order valence-corrected chi connectivity index (χ2v) is 3.44. The van der Waals surface area contributed by atoms with Crippen molar-refractivity contribution >= 4 is 5.97 Å². The summed E-state index contributed by atoms with van der Waals surface area (Å²) in [5.74, 6) is 0.163. The Balaban J connectivity index is 2.80. The highest BCUT2D eigenvalue weighted by atomic mass is 16.5. The molecule has 0 aliphatic carbocycles. The van der Waals surface area contributed by atoms with Gasteiger partial charge in [0.15, 0.2) is 17.6 Å². The number of rotatable bonds is 6. The highest BCUT2D eigenvalue weighted by Crippen LogP contribution is 2.31. The lowest BCUT2D eigenvalue weighted by molar-refractivity contribution is -0.149. The average Bonchev–Trinajstić information content (AvgIpc) is 2.34. The summed E-state index contributed by atoms with van der Waals surface area (Å²) in [6.07, 6.45) is -0.856. The Morgan fingerprint density at radius 2 is 2.06 bits per heavy atom. The number of methoxy groups -OCH3 is 2. The van der Waals surface area contributed by atoms with Crippen molar-refractivity contribution in [3.8, 4) is 11.5 Å². The van der Waals surface area contributed by atoms with E-state index in [4.69, 9.17) is 19.3 Å². The minimum absolute atomic E-state index is 0.161. The van der Waals surface area contributed by atoms with Crippen LogP contribution in [-0.4, -0.2) is 31.4 Å². The number of carboxylic acid groups (broad SMARTS) is 1. The third-order valence-electron chi connectivity index (χ3n) is 2.32. The van der Waals surface area contributed by atoms with E-state index in [1.807, 2.05) is 0 Å². The molecule has 0 aromatic heterocycles.